The van der Waals surface area contributed by atoms with Gasteiger partial charge in [-0.1, -0.05) is 23.4 Å². The van der Waals surface area contributed by atoms with Gasteiger partial charge in [0, 0.05) is 24.2 Å². The molecule has 4 nitrogen and oxygen atoms in total. The lowest BCUT2D eigenvalue weighted by atomic mass is 9.96. The van der Waals surface area contributed by atoms with E-state index in [1.165, 1.54) is 18.4 Å². The topological polar surface area (TPSA) is 49.5 Å². The third-order valence-corrected chi connectivity index (χ3v) is 3.86. The van der Waals surface area contributed by atoms with Gasteiger partial charge in [-0.2, -0.15) is 0 Å². The van der Waals surface area contributed by atoms with Crippen molar-refractivity contribution in [2.24, 2.45) is 0 Å². The predicted molar refractivity (Wildman–Crippen MR) is 77.7 cm³/mol. The first-order valence-electron chi connectivity index (χ1n) is 7.25. The van der Waals surface area contributed by atoms with Crippen molar-refractivity contribution in [1.29, 1.82) is 0 Å². The Hall–Kier alpha value is -1.81. The third kappa shape index (κ3) is 2.70. The second kappa shape index (κ2) is 6.09. The van der Waals surface area contributed by atoms with Crippen molar-refractivity contribution in [2.75, 3.05) is 18.1 Å². The maximum atomic E-state index is 9.28. The fourth-order valence-corrected chi connectivity index (χ4v) is 2.81. The average Bonchev–Trinajstić information content (AvgIpc) is 2.91. The zero-order chi connectivity index (χ0) is 13.8. The van der Waals surface area contributed by atoms with Crippen molar-refractivity contribution in [3.63, 3.8) is 0 Å². The summed E-state index contributed by atoms with van der Waals surface area (Å²) in [5.74, 6) is 1.06. The fourth-order valence-electron chi connectivity index (χ4n) is 2.81. The van der Waals surface area contributed by atoms with E-state index < -0.39 is 0 Å². The first kappa shape index (κ1) is 13.2. The van der Waals surface area contributed by atoms with Crippen LogP contribution in [0.1, 0.15) is 29.9 Å². The third-order valence-electron chi connectivity index (χ3n) is 3.86. The summed E-state index contributed by atoms with van der Waals surface area (Å²) in [5.41, 5.74) is 3.42. The number of fused-ring (bicyclic) bond motifs is 1. The average molecular weight is 272 g/mol. The molecule has 0 saturated carbocycles. The van der Waals surface area contributed by atoms with Gasteiger partial charge in [-0.25, -0.2) is 0 Å². The van der Waals surface area contributed by atoms with Gasteiger partial charge in [-0.3, -0.25) is 0 Å². The summed E-state index contributed by atoms with van der Waals surface area (Å²) in [4.78, 5) is 2.15. The van der Waals surface area contributed by atoms with E-state index >= 15 is 0 Å². The van der Waals surface area contributed by atoms with E-state index in [1.54, 1.807) is 0 Å². The van der Waals surface area contributed by atoms with Crippen LogP contribution in [0.5, 0.6) is 0 Å². The lowest BCUT2D eigenvalue weighted by Gasteiger charge is -2.23. The van der Waals surface area contributed by atoms with Crippen LogP contribution >= 0.6 is 0 Å². The molecule has 1 heterocycles. The summed E-state index contributed by atoms with van der Waals surface area (Å²) < 4.78 is 5.46. The Labute approximate surface area is 119 Å². The van der Waals surface area contributed by atoms with Gasteiger partial charge in [0.05, 0.1) is 13.2 Å². The van der Waals surface area contributed by atoms with Crippen LogP contribution in [0.3, 0.4) is 0 Å². The van der Waals surface area contributed by atoms with Crippen LogP contribution in [0.2, 0.25) is 0 Å². The number of aliphatic hydroxyl groups excluding tert-OH is 1. The minimum Gasteiger partial charge on any atom is -0.395 e. The Morgan fingerprint density at radius 1 is 1.15 bits per heavy atom. The number of anilines is 1. The largest absolute Gasteiger partial charge is 0.395 e. The number of aryl methyl sites for hydroxylation is 1. The molecule has 3 rings (SSSR count). The highest BCUT2D eigenvalue weighted by atomic mass is 16.5. The summed E-state index contributed by atoms with van der Waals surface area (Å²) in [6.07, 6.45) is 4.48. The van der Waals surface area contributed by atoms with Crippen LogP contribution in [-0.4, -0.2) is 23.4 Å². The van der Waals surface area contributed by atoms with Gasteiger partial charge in [0.2, 0.25) is 0 Å². The molecule has 0 unspecified atom stereocenters. The van der Waals surface area contributed by atoms with Crippen molar-refractivity contribution < 1.29 is 9.63 Å². The molecular formula is C16H20N2O2. The van der Waals surface area contributed by atoms with Gasteiger partial charge in [-0.05, 0) is 31.4 Å². The molecule has 4 heteroatoms. The molecule has 0 fully saturated rings. The summed E-state index contributed by atoms with van der Waals surface area (Å²) in [6, 6.07) is 10.1. The molecule has 106 valence electrons. The normalized spacial score (nSPS) is 14.1. The van der Waals surface area contributed by atoms with Crippen LogP contribution in [0, 0.1) is 0 Å². The van der Waals surface area contributed by atoms with Crippen LogP contribution in [0.15, 0.2) is 34.9 Å². The molecule has 0 spiro atoms. The Balaban J connectivity index is 1.81. The predicted octanol–water partition coefficient (Wildman–Crippen LogP) is 2.55. The molecule has 1 aliphatic carbocycles. The molecule has 0 amide bonds. The van der Waals surface area contributed by atoms with Gasteiger partial charge in [0.15, 0.2) is 0 Å². The fraction of sp³-hybridized carbons (Fsp3) is 0.438. The first-order valence-corrected chi connectivity index (χ1v) is 7.25. The number of para-hydroxylation sites is 1. The van der Waals surface area contributed by atoms with Crippen LogP contribution in [-0.2, 0) is 19.4 Å². The van der Waals surface area contributed by atoms with Crippen molar-refractivity contribution >= 4 is 5.69 Å². The van der Waals surface area contributed by atoms with Crippen LogP contribution in [0.4, 0.5) is 5.69 Å². The van der Waals surface area contributed by atoms with Gasteiger partial charge < -0.3 is 14.5 Å². The van der Waals surface area contributed by atoms with Crippen molar-refractivity contribution in [1.82, 2.24) is 5.16 Å². The highest BCUT2D eigenvalue weighted by Crippen LogP contribution is 2.26. The maximum absolute atomic E-state index is 9.28. The van der Waals surface area contributed by atoms with Crippen molar-refractivity contribution in [3.8, 4) is 0 Å². The van der Waals surface area contributed by atoms with Crippen LogP contribution in [0.25, 0.3) is 0 Å². The quantitative estimate of drug-likeness (QED) is 0.908. The molecule has 1 aromatic carbocycles. The Bertz CT molecular complexity index is 551. The Morgan fingerprint density at radius 3 is 2.75 bits per heavy atom. The lowest BCUT2D eigenvalue weighted by molar-refractivity contribution is 0.300. The molecule has 2 aromatic rings. The highest BCUT2D eigenvalue weighted by molar-refractivity contribution is 5.46. The number of aromatic nitrogens is 1. The number of rotatable bonds is 5. The van der Waals surface area contributed by atoms with E-state index in [2.05, 4.69) is 22.2 Å². The zero-order valence-corrected chi connectivity index (χ0v) is 11.6. The van der Waals surface area contributed by atoms with E-state index in [1.807, 2.05) is 18.2 Å². The highest BCUT2D eigenvalue weighted by Gasteiger charge is 2.21. The molecule has 1 N–H and O–H groups in total. The number of hydrogen-bond donors (Lipinski definition) is 1. The van der Waals surface area contributed by atoms with E-state index in [9.17, 15) is 5.11 Å². The van der Waals surface area contributed by atoms with Crippen molar-refractivity contribution in [2.45, 2.75) is 32.2 Å². The maximum Gasteiger partial charge on any atom is 0.140 e. The molecular weight excluding hydrogens is 252 g/mol. The molecule has 1 aromatic heterocycles. The minimum absolute atomic E-state index is 0.134. The van der Waals surface area contributed by atoms with Gasteiger partial charge >= 0.3 is 0 Å². The standard InChI is InChI=1S/C16H20N2O2/c19-11-10-18(13-6-2-1-3-7-13)12-15-14-8-4-5-9-16(14)20-17-15/h1-3,6-7,19H,4-5,8-12H2. The SMILES string of the molecule is OCCN(Cc1noc2c1CCCC2)c1ccccc1. The summed E-state index contributed by atoms with van der Waals surface area (Å²) in [7, 11) is 0. The molecule has 1 aliphatic rings. The van der Waals surface area contributed by atoms with E-state index in [0.29, 0.717) is 13.1 Å². The first-order chi connectivity index (χ1) is 9.88. The summed E-state index contributed by atoms with van der Waals surface area (Å²) in [6.45, 7) is 1.43. The molecule has 0 radical (unpaired) electrons. The number of aliphatic hydroxyl groups is 1. The van der Waals surface area contributed by atoms with Gasteiger partial charge in [-0.15, -0.1) is 0 Å². The van der Waals surface area contributed by atoms with E-state index in [-0.39, 0.29) is 6.61 Å². The molecule has 0 atom stereocenters. The Morgan fingerprint density at radius 2 is 1.95 bits per heavy atom. The second-order valence-electron chi connectivity index (χ2n) is 5.22. The number of hydrogen-bond acceptors (Lipinski definition) is 4. The summed E-state index contributed by atoms with van der Waals surface area (Å²) in [5, 5.41) is 13.5. The van der Waals surface area contributed by atoms with E-state index in [4.69, 9.17) is 4.52 Å². The number of nitrogens with zero attached hydrogens (tertiary/aromatic N) is 2. The molecule has 20 heavy (non-hydrogen) atoms. The minimum atomic E-state index is 0.134. The smallest absolute Gasteiger partial charge is 0.140 e. The van der Waals surface area contributed by atoms with Crippen LogP contribution < -0.4 is 4.90 Å². The molecule has 0 saturated heterocycles. The molecule has 0 bridgehead atoms. The van der Waals surface area contributed by atoms with Crippen molar-refractivity contribution in [3.05, 3.63) is 47.3 Å². The number of benzene rings is 1. The Kier molecular flexibility index (Phi) is 4.02. The monoisotopic (exact) mass is 272 g/mol. The zero-order valence-electron chi connectivity index (χ0n) is 11.6. The molecule has 0 aliphatic heterocycles. The van der Waals surface area contributed by atoms with Gasteiger partial charge in [0.1, 0.15) is 11.5 Å². The van der Waals surface area contributed by atoms with E-state index in [0.717, 1.165) is 30.0 Å². The second-order valence-corrected chi connectivity index (χ2v) is 5.22. The summed E-state index contributed by atoms with van der Waals surface area (Å²) >= 11 is 0. The lowest BCUT2D eigenvalue weighted by Crippen LogP contribution is -2.26. The van der Waals surface area contributed by atoms with Gasteiger partial charge in [0.25, 0.3) is 0 Å².